The van der Waals surface area contributed by atoms with Crippen LogP contribution in [-0.2, 0) is 18.4 Å². The van der Waals surface area contributed by atoms with Crippen molar-refractivity contribution in [2.45, 2.75) is 61.4 Å². The number of carbonyl (C=O) groups excluding carboxylic acids is 1. The molecule has 33 heavy (non-hydrogen) atoms. The molecule has 6 heteroatoms. The number of likely N-dealkylation sites (tertiary alicyclic amines) is 1. The fourth-order valence-electron chi connectivity index (χ4n) is 7.85. The van der Waals surface area contributed by atoms with E-state index in [1.807, 2.05) is 41.3 Å². The molecular formula is C27H28N2O4. The SMILES string of the molecule is C=CCN1CC[C@]23c4c5ccc(O)c4O[C@H]2[C@H](N2Cc4ccccc4C2=O)CCC3(O)[C@H]1C5. The largest absolute Gasteiger partial charge is 0.504 e. The number of carbonyl (C=O) groups is 1. The molecule has 170 valence electrons. The maximum absolute atomic E-state index is 13.4. The zero-order valence-corrected chi connectivity index (χ0v) is 18.5. The Kier molecular flexibility index (Phi) is 3.80. The van der Waals surface area contributed by atoms with Crippen LogP contribution in [0.2, 0.25) is 0 Å². The topological polar surface area (TPSA) is 73.2 Å². The molecule has 0 aromatic heterocycles. The number of piperidine rings is 1. The van der Waals surface area contributed by atoms with Gasteiger partial charge in [-0.15, -0.1) is 6.58 Å². The second-order valence-corrected chi connectivity index (χ2v) is 10.3. The molecule has 3 aliphatic heterocycles. The van der Waals surface area contributed by atoms with Crippen LogP contribution < -0.4 is 4.74 Å². The van der Waals surface area contributed by atoms with Gasteiger partial charge in [0.05, 0.1) is 17.1 Å². The van der Waals surface area contributed by atoms with Gasteiger partial charge in [0.25, 0.3) is 5.91 Å². The number of amides is 1. The quantitative estimate of drug-likeness (QED) is 0.713. The van der Waals surface area contributed by atoms with Crippen molar-refractivity contribution in [3.8, 4) is 11.5 Å². The van der Waals surface area contributed by atoms with E-state index in [-0.39, 0.29) is 29.8 Å². The number of phenolic OH excluding ortho intramolecular Hbond substituents is 1. The maximum atomic E-state index is 13.4. The van der Waals surface area contributed by atoms with Gasteiger partial charge < -0.3 is 19.8 Å². The number of benzene rings is 2. The van der Waals surface area contributed by atoms with Gasteiger partial charge in [-0.3, -0.25) is 9.69 Å². The summed E-state index contributed by atoms with van der Waals surface area (Å²) in [6, 6.07) is 11.3. The van der Waals surface area contributed by atoms with E-state index < -0.39 is 11.0 Å². The highest BCUT2D eigenvalue weighted by molar-refractivity contribution is 5.98. The lowest BCUT2D eigenvalue weighted by Gasteiger charge is -2.64. The molecule has 0 radical (unpaired) electrons. The number of ether oxygens (including phenoxy) is 1. The minimum absolute atomic E-state index is 0.0363. The van der Waals surface area contributed by atoms with Crippen LogP contribution in [0.15, 0.2) is 49.1 Å². The molecule has 7 rings (SSSR count). The van der Waals surface area contributed by atoms with Crippen molar-refractivity contribution in [3.05, 3.63) is 71.3 Å². The molecule has 1 amide bonds. The second kappa shape index (κ2) is 6.39. The third-order valence-electron chi connectivity index (χ3n) is 9.15. The minimum Gasteiger partial charge on any atom is -0.504 e. The predicted molar refractivity (Wildman–Crippen MR) is 122 cm³/mol. The van der Waals surface area contributed by atoms with Gasteiger partial charge in [0, 0.05) is 30.3 Å². The fraction of sp³-hybridized carbons (Fsp3) is 0.444. The molecule has 3 heterocycles. The van der Waals surface area contributed by atoms with E-state index in [0.29, 0.717) is 25.1 Å². The number of nitrogens with zero attached hydrogens (tertiary/aromatic N) is 2. The summed E-state index contributed by atoms with van der Waals surface area (Å²) in [6.07, 6.45) is 4.25. The summed E-state index contributed by atoms with van der Waals surface area (Å²) < 4.78 is 6.60. The normalized spacial score (nSPS) is 35.7. The van der Waals surface area contributed by atoms with Crippen molar-refractivity contribution >= 4 is 5.91 Å². The second-order valence-electron chi connectivity index (χ2n) is 10.3. The highest BCUT2D eigenvalue weighted by atomic mass is 16.5. The molecule has 2 aliphatic carbocycles. The van der Waals surface area contributed by atoms with Gasteiger partial charge in [-0.1, -0.05) is 30.3 Å². The first-order chi connectivity index (χ1) is 16.0. The number of rotatable bonds is 3. The highest BCUT2D eigenvalue weighted by Crippen LogP contribution is 2.66. The molecule has 5 atom stereocenters. The van der Waals surface area contributed by atoms with Gasteiger partial charge in [-0.2, -0.15) is 0 Å². The first kappa shape index (κ1) is 19.6. The van der Waals surface area contributed by atoms with Crippen LogP contribution in [-0.4, -0.2) is 62.8 Å². The molecule has 2 bridgehead atoms. The smallest absolute Gasteiger partial charge is 0.254 e. The van der Waals surface area contributed by atoms with E-state index in [1.54, 1.807) is 6.07 Å². The zero-order chi connectivity index (χ0) is 22.5. The molecule has 2 N–H and O–H groups in total. The van der Waals surface area contributed by atoms with Crippen LogP contribution in [0.4, 0.5) is 0 Å². The van der Waals surface area contributed by atoms with E-state index in [1.165, 1.54) is 0 Å². The molecule has 1 saturated heterocycles. The molecule has 1 saturated carbocycles. The van der Waals surface area contributed by atoms with Gasteiger partial charge >= 0.3 is 0 Å². The number of aromatic hydroxyl groups is 1. The molecule has 6 nitrogen and oxygen atoms in total. The van der Waals surface area contributed by atoms with E-state index >= 15 is 0 Å². The number of fused-ring (bicyclic) bond motifs is 1. The Balaban J connectivity index is 1.38. The van der Waals surface area contributed by atoms with Crippen molar-refractivity contribution in [1.29, 1.82) is 0 Å². The van der Waals surface area contributed by atoms with Crippen molar-refractivity contribution in [2.75, 3.05) is 13.1 Å². The van der Waals surface area contributed by atoms with Crippen molar-refractivity contribution in [3.63, 3.8) is 0 Å². The van der Waals surface area contributed by atoms with Crippen molar-refractivity contribution < 1.29 is 19.7 Å². The summed E-state index contributed by atoms with van der Waals surface area (Å²) >= 11 is 0. The van der Waals surface area contributed by atoms with E-state index in [4.69, 9.17) is 4.74 Å². The lowest BCUT2D eigenvalue weighted by Crippen LogP contribution is -2.78. The fourth-order valence-corrected chi connectivity index (χ4v) is 7.85. The summed E-state index contributed by atoms with van der Waals surface area (Å²) in [5.41, 5.74) is 2.33. The first-order valence-corrected chi connectivity index (χ1v) is 12.0. The molecule has 5 aliphatic rings. The number of phenols is 1. The average molecular weight is 445 g/mol. The Morgan fingerprint density at radius 3 is 2.85 bits per heavy atom. The molecule has 2 fully saturated rings. The van der Waals surface area contributed by atoms with Crippen LogP contribution in [0.25, 0.3) is 0 Å². The molecule has 2 aromatic rings. The average Bonchev–Trinajstić information content (AvgIpc) is 3.33. The van der Waals surface area contributed by atoms with Gasteiger partial charge in [0.1, 0.15) is 6.10 Å². The summed E-state index contributed by atoms with van der Waals surface area (Å²) in [6.45, 7) is 6.06. The van der Waals surface area contributed by atoms with Crippen LogP contribution >= 0.6 is 0 Å². The summed E-state index contributed by atoms with van der Waals surface area (Å²) in [5.74, 6) is 0.683. The predicted octanol–water partition coefficient (Wildman–Crippen LogP) is 2.76. The Morgan fingerprint density at radius 2 is 2.03 bits per heavy atom. The molecule has 2 aromatic carbocycles. The van der Waals surface area contributed by atoms with Crippen molar-refractivity contribution in [2.24, 2.45) is 0 Å². The van der Waals surface area contributed by atoms with E-state index in [0.717, 1.165) is 48.2 Å². The number of hydrogen-bond acceptors (Lipinski definition) is 5. The number of hydrogen-bond donors (Lipinski definition) is 2. The maximum Gasteiger partial charge on any atom is 0.254 e. The summed E-state index contributed by atoms with van der Waals surface area (Å²) in [4.78, 5) is 17.7. The first-order valence-electron chi connectivity index (χ1n) is 12.0. The standard InChI is InChI=1S/C27H28N2O4/c1-2-12-28-13-11-26-22-16-7-8-20(30)23(22)33-24(26)19(9-10-27(26,32)21(28)14-16)29-15-17-5-3-4-6-18(17)25(29)31/h2-8,19,21,24,30,32H,1,9-15H2/t19-,21-,24+,26+,27?/m1/s1. The Bertz CT molecular complexity index is 1210. The minimum atomic E-state index is -0.975. The Labute approximate surface area is 193 Å². The van der Waals surface area contributed by atoms with Crippen LogP contribution in [0, 0.1) is 0 Å². The van der Waals surface area contributed by atoms with Gasteiger partial charge in [0.2, 0.25) is 0 Å². The van der Waals surface area contributed by atoms with Crippen LogP contribution in [0.5, 0.6) is 11.5 Å². The monoisotopic (exact) mass is 444 g/mol. The lowest BCUT2D eigenvalue weighted by atomic mass is 9.48. The molecule has 1 spiro atoms. The molecular weight excluding hydrogens is 416 g/mol. The highest BCUT2D eigenvalue weighted by Gasteiger charge is 2.73. The van der Waals surface area contributed by atoms with Crippen LogP contribution in [0.1, 0.15) is 46.3 Å². The molecule has 1 unspecified atom stereocenters. The zero-order valence-electron chi connectivity index (χ0n) is 18.5. The van der Waals surface area contributed by atoms with Crippen molar-refractivity contribution in [1.82, 2.24) is 9.80 Å². The third-order valence-corrected chi connectivity index (χ3v) is 9.15. The van der Waals surface area contributed by atoms with E-state index in [2.05, 4.69) is 11.5 Å². The Morgan fingerprint density at radius 1 is 1.18 bits per heavy atom. The van der Waals surface area contributed by atoms with Gasteiger partial charge in [-0.05, 0) is 55.5 Å². The third kappa shape index (κ3) is 2.19. The number of aliphatic hydroxyl groups is 1. The lowest BCUT2D eigenvalue weighted by molar-refractivity contribution is -0.196. The Hall–Kier alpha value is -2.83. The summed E-state index contributed by atoms with van der Waals surface area (Å²) in [5, 5.41) is 23.2. The summed E-state index contributed by atoms with van der Waals surface area (Å²) in [7, 11) is 0. The van der Waals surface area contributed by atoms with Crippen LogP contribution in [0.3, 0.4) is 0 Å². The van der Waals surface area contributed by atoms with Gasteiger partial charge in [-0.25, -0.2) is 0 Å². The van der Waals surface area contributed by atoms with E-state index in [9.17, 15) is 15.0 Å². The van der Waals surface area contributed by atoms with Gasteiger partial charge in [0.15, 0.2) is 11.5 Å².